The van der Waals surface area contributed by atoms with E-state index in [0.717, 1.165) is 36.4 Å². The van der Waals surface area contributed by atoms with Gasteiger partial charge in [-0.2, -0.15) is 13.2 Å². The minimum Gasteiger partial charge on any atom is -0.322 e. The standard InChI is InChI=1S/C20H13ClF3N3O5S/c21-18-9-6-15(27(29)30)11-17(18)19(28)25-13-4-7-16(8-5-13)33(31,32)26-14-3-1-2-12(10-14)20(22,23)24/h1-11,26H,(H,25,28). The highest BCUT2D eigenvalue weighted by Gasteiger charge is 2.30. The Morgan fingerprint density at radius 2 is 1.64 bits per heavy atom. The molecule has 0 fully saturated rings. The third-order valence-electron chi connectivity index (χ3n) is 4.27. The Morgan fingerprint density at radius 1 is 0.970 bits per heavy atom. The van der Waals surface area contributed by atoms with Crippen LogP contribution in [0.1, 0.15) is 15.9 Å². The first-order valence-corrected chi connectivity index (χ1v) is 10.8. The van der Waals surface area contributed by atoms with Crippen LogP contribution in [0.25, 0.3) is 0 Å². The van der Waals surface area contributed by atoms with E-state index >= 15 is 0 Å². The highest BCUT2D eigenvalue weighted by atomic mass is 35.5. The summed E-state index contributed by atoms with van der Waals surface area (Å²) in [5.74, 6) is -0.763. The van der Waals surface area contributed by atoms with Gasteiger partial charge in [-0.05, 0) is 48.5 Å². The lowest BCUT2D eigenvalue weighted by Crippen LogP contribution is -2.15. The number of nitrogens with zero attached hydrogens (tertiary/aromatic N) is 1. The molecule has 0 spiro atoms. The van der Waals surface area contributed by atoms with Crippen molar-refractivity contribution in [1.29, 1.82) is 0 Å². The predicted molar refractivity (Wildman–Crippen MR) is 115 cm³/mol. The van der Waals surface area contributed by atoms with Crippen molar-refractivity contribution in [3.8, 4) is 0 Å². The summed E-state index contributed by atoms with van der Waals surface area (Å²) in [7, 11) is -4.22. The average Bonchev–Trinajstić information content (AvgIpc) is 2.73. The number of non-ortho nitro benzene ring substituents is 1. The Kier molecular flexibility index (Phi) is 6.60. The van der Waals surface area contributed by atoms with Gasteiger partial charge in [-0.25, -0.2) is 8.42 Å². The molecule has 0 aromatic heterocycles. The van der Waals surface area contributed by atoms with E-state index in [-0.39, 0.29) is 32.5 Å². The number of nitrogens with one attached hydrogen (secondary N) is 2. The third kappa shape index (κ3) is 5.79. The van der Waals surface area contributed by atoms with Gasteiger partial charge in [0.1, 0.15) is 0 Å². The van der Waals surface area contributed by atoms with Crippen molar-refractivity contribution in [2.45, 2.75) is 11.1 Å². The highest BCUT2D eigenvalue weighted by Crippen LogP contribution is 2.31. The molecule has 0 saturated heterocycles. The van der Waals surface area contributed by atoms with Crippen molar-refractivity contribution in [2.24, 2.45) is 0 Å². The molecule has 3 aromatic carbocycles. The number of amides is 1. The van der Waals surface area contributed by atoms with Crippen LogP contribution in [0.4, 0.5) is 30.2 Å². The van der Waals surface area contributed by atoms with Gasteiger partial charge in [0.15, 0.2) is 0 Å². The zero-order valence-corrected chi connectivity index (χ0v) is 17.8. The number of carbonyl (C=O) groups is 1. The first-order chi connectivity index (χ1) is 15.4. The fraction of sp³-hybridized carbons (Fsp3) is 0.0500. The molecule has 3 rings (SSSR count). The van der Waals surface area contributed by atoms with E-state index in [9.17, 15) is 36.5 Å². The maximum atomic E-state index is 12.8. The van der Waals surface area contributed by atoms with Crippen molar-refractivity contribution in [3.05, 3.63) is 93.0 Å². The second-order valence-corrected chi connectivity index (χ2v) is 8.67. The van der Waals surface area contributed by atoms with Crippen LogP contribution < -0.4 is 10.0 Å². The van der Waals surface area contributed by atoms with E-state index in [4.69, 9.17) is 11.6 Å². The van der Waals surface area contributed by atoms with Crippen LogP contribution in [0.15, 0.2) is 71.6 Å². The van der Waals surface area contributed by atoms with Crippen molar-refractivity contribution < 1.29 is 31.3 Å². The molecule has 0 bridgehead atoms. The minimum atomic E-state index is -4.64. The summed E-state index contributed by atoms with van der Waals surface area (Å²) in [6.07, 6.45) is -4.64. The number of hydrogen-bond acceptors (Lipinski definition) is 5. The van der Waals surface area contributed by atoms with E-state index in [1.165, 1.54) is 24.3 Å². The number of sulfonamides is 1. The normalized spacial score (nSPS) is 11.6. The van der Waals surface area contributed by atoms with E-state index in [1.54, 1.807) is 0 Å². The summed E-state index contributed by atoms with van der Waals surface area (Å²) in [6, 6.07) is 11.8. The molecule has 0 radical (unpaired) electrons. The molecule has 0 aliphatic rings. The molecule has 3 aromatic rings. The molecular formula is C20H13ClF3N3O5S. The average molecular weight is 500 g/mol. The smallest absolute Gasteiger partial charge is 0.322 e. The van der Waals surface area contributed by atoms with Crippen LogP contribution in [0.5, 0.6) is 0 Å². The molecule has 0 aliphatic carbocycles. The van der Waals surface area contributed by atoms with Gasteiger partial charge in [0, 0.05) is 23.5 Å². The maximum absolute atomic E-state index is 12.8. The number of alkyl halides is 3. The van der Waals surface area contributed by atoms with E-state index in [0.29, 0.717) is 6.07 Å². The van der Waals surface area contributed by atoms with Crippen LogP contribution in [-0.2, 0) is 16.2 Å². The lowest BCUT2D eigenvalue weighted by Gasteiger charge is -2.12. The molecule has 172 valence electrons. The lowest BCUT2D eigenvalue weighted by atomic mass is 10.2. The van der Waals surface area contributed by atoms with E-state index in [1.807, 2.05) is 0 Å². The maximum Gasteiger partial charge on any atom is 0.416 e. The second-order valence-electron chi connectivity index (χ2n) is 6.58. The fourth-order valence-electron chi connectivity index (χ4n) is 2.69. The van der Waals surface area contributed by atoms with Crippen LogP contribution in [-0.4, -0.2) is 19.2 Å². The molecule has 8 nitrogen and oxygen atoms in total. The number of rotatable bonds is 6. The Labute approximate surface area is 190 Å². The fourth-order valence-corrected chi connectivity index (χ4v) is 3.94. The topological polar surface area (TPSA) is 118 Å². The largest absolute Gasteiger partial charge is 0.416 e. The van der Waals surface area contributed by atoms with Gasteiger partial charge in [-0.1, -0.05) is 17.7 Å². The van der Waals surface area contributed by atoms with E-state index < -0.39 is 32.6 Å². The monoisotopic (exact) mass is 499 g/mol. The van der Waals surface area contributed by atoms with Gasteiger partial charge in [0.2, 0.25) is 0 Å². The summed E-state index contributed by atoms with van der Waals surface area (Å²) in [6.45, 7) is 0. The van der Waals surface area contributed by atoms with Crippen LogP contribution in [0, 0.1) is 10.1 Å². The Bertz CT molecular complexity index is 1330. The van der Waals surface area contributed by atoms with Crippen LogP contribution in [0.3, 0.4) is 0 Å². The number of hydrogen-bond donors (Lipinski definition) is 2. The first kappa shape index (κ1) is 24.0. The number of nitro groups is 1. The van der Waals surface area contributed by atoms with Gasteiger partial charge in [-0.3, -0.25) is 19.6 Å². The van der Waals surface area contributed by atoms with Gasteiger partial charge in [0.25, 0.3) is 21.6 Å². The van der Waals surface area contributed by atoms with Crippen molar-refractivity contribution >= 4 is 44.6 Å². The highest BCUT2D eigenvalue weighted by molar-refractivity contribution is 7.92. The van der Waals surface area contributed by atoms with Gasteiger partial charge in [-0.15, -0.1) is 0 Å². The SMILES string of the molecule is O=C(Nc1ccc(S(=O)(=O)Nc2cccc(C(F)(F)F)c2)cc1)c1cc([N+](=O)[O-])ccc1Cl. The lowest BCUT2D eigenvalue weighted by molar-refractivity contribution is -0.384. The molecule has 0 saturated carbocycles. The van der Waals surface area contributed by atoms with Crippen LogP contribution >= 0.6 is 11.6 Å². The van der Waals surface area contributed by atoms with Crippen molar-refractivity contribution in [3.63, 3.8) is 0 Å². The summed E-state index contributed by atoms with van der Waals surface area (Å²) in [5, 5.41) is 13.3. The molecule has 0 heterocycles. The molecule has 0 atom stereocenters. The first-order valence-electron chi connectivity index (χ1n) is 8.92. The molecule has 13 heteroatoms. The van der Waals surface area contributed by atoms with E-state index in [2.05, 4.69) is 10.0 Å². The Morgan fingerprint density at radius 3 is 2.24 bits per heavy atom. The second kappa shape index (κ2) is 9.08. The van der Waals surface area contributed by atoms with Gasteiger partial charge in [0.05, 0.1) is 26.0 Å². The molecule has 33 heavy (non-hydrogen) atoms. The number of benzene rings is 3. The molecule has 2 N–H and O–H groups in total. The molecule has 1 amide bonds. The number of carbonyl (C=O) groups excluding carboxylic acids is 1. The Balaban J connectivity index is 1.77. The molecular weight excluding hydrogens is 487 g/mol. The zero-order valence-electron chi connectivity index (χ0n) is 16.3. The van der Waals surface area contributed by atoms with Crippen molar-refractivity contribution in [1.82, 2.24) is 0 Å². The van der Waals surface area contributed by atoms with Gasteiger partial charge >= 0.3 is 6.18 Å². The molecule has 0 aliphatic heterocycles. The number of nitro benzene ring substituents is 1. The van der Waals surface area contributed by atoms with Gasteiger partial charge < -0.3 is 5.32 Å². The third-order valence-corrected chi connectivity index (χ3v) is 6.00. The predicted octanol–water partition coefficient (Wildman–Crippen LogP) is 5.32. The minimum absolute atomic E-state index is 0.0254. The quantitative estimate of drug-likeness (QED) is 0.351. The summed E-state index contributed by atoms with van der Waals surface area (Å²) < 4.78 is 65.6. The summed E-state index contributed by atoms with van der Waals surface area (Å²) >= 11 is 5.92. The molecule has 0 unspecified atom stereocenters. The van der Waals surface area contributed by atoms with Crippen LogP contribution in [0.2, 0.25) is 5.02 Å². The zero-order chi connectivity index (χ0) is 24.4. The number of anilines is 2. The summed E-state index contributed by atoms with van der Waals surface area (Å²) in [5.41, 5.74) is -1.64. The summed E-state index contributed by atoms with van der Waals surface area (Å²) in [4.78, 5) is 22.3. The Hall–Kier alpha value is -3.64. The number of halogens is 4. The van der Waals surface area contributed by atoms with Crippen molar-refractivity contribution in [2.75, 3.05) is 10.0 Å².